The van der Waals surface area contributed by atoms with Gasteiger partial charge in [0.2, 0.25) is 0 Å². The zero-order valence-electron chi connectivity index (χ0n) is 21.2. The van der Waals surface area contributed by atoms with E-state index in [1.807, 2.05) is 0 Å². The highest BCUT2D eigenvalue weighted by atomic mass is 16.7. The summed E-state index contributed by atoms with van der Waals surface area (Å²) in [5.74, 6) is 4.02. The molecule has 4 aliphatic carbocycles. The highest BCUT2D eigenvalue weighted by Crippen LogP contribution is 2.68. The Morgan fingerprint density at radius 3 is 2.53 bits per heavy atom. The van der Waals surface area contributed by atoms with E-state index < -0.39 is 6.16 Å². The van der Waals surface area contributed by atoms with E-state index in [0.717, 1.165) is 31.6 Å². The SMILES string of the molecule is CC(C)[C@@H](C)/C=C/[C@@H](C)C1CCC2C3=CC[C@@]45C[C@H](CCC4(C)C3CCC21C)OC(=O)O5. The molecule has 1 spiro atoms. The Hall–Kier alpha value is -1.25. The fourth-order valence-electron chi connectivity index (χ4n) is 8.68. The Morgan fingerprint density at radius 2 is 1.78 bits per heavy atom. The Morgan fingerprint density at radius 1 is 1.00 bits per heavy atom. The average molecular weight is 441 g/mol. The summed E-state index contributed by atoms with van der Waals surface area (Å²) in [6.07, 6.45) is 16.3. The van der Waals surface area contributed by atoms with Gasteiger partial charge < -0.3 is 9.47 Å². The molecule has 9 atom stereocenters. The molecular weight excluding hydrogens is 396 g/mol. The number of carbonyl (C=O) groups excluding carboxylic acids is 1. The first-order valence-corrected chi connectivity index (χ1v) is 13.4. The van der Waals surface area contributed by atoms with Crippen LogP contribution in [0.5, 0.6) is 0 Å². The topological polar surface area (TPSA) is 35.5 Å². The fraction of sp³-hybridized carbons (Fsp3) is 0.828. The number of carbonyl (C=O) groups is 1. The van der Waals surface area contributed by atoms with Crippen molar-refractivity contribution in [3.8, 4) is 0 Å². The van der Waals surface area contributed by atoms with Gasteiger partial charge in [-0.15, -0.1) is 0 Å². The summed E-state index contributed by atoms with van der Waals surface area (Å²) in [5.41, 5.74) is 1.85. The van der Waals surface area contributed by atoms with Crippen molar-refractivity contribution in [1.29, 1.82) is 0 Å². The second-order valence-corrected chi connectivity index (χ2v) is 12.8. The third-order valence-corrected chi connectivity index (χ3v) is 11.2. The minimum absolute atomic E-state index is 0.0601. The van der Waals surface area contributed by atoms with E-state index in [9.17, 15) is 4.79 Å². The molecule has 1 saturated heterocycles. The smallest absolute Gasteiger partial charge is 0.431 e. The van der Waals surface area contributed by atoms with Crippen molar-refractivity contribution in [2.45, 2.75) is 105 Å². The van der Waals surface area contributed by atoms with Crippen LogP contribution in [0.1, 0.15) is 92.9 Å². The molecular formula is C29H44O3. The third-order valence-electron chi connectivity index (χ3n) is 11.2. The average Bonchev–Trinajstić information content (AvgIpc) is 3.09. The predicted octanol–water partition coefficient (Wildman–Crippen LogP) is 7.71. The summed E-state index contributed by atoms with van der Waals surface area (Å²) in [6.45, 7) is 14.5. The number of hydrogen-bond acceptors (Lipinski definition) is 3. The van der Waals surface area contributed by atoms with Crippen molar-refractivity contribution in [2.75, 3.05) is 0 Å². The normalized spacial score (nSPS) is 47.1. The van der Waals surface area contributed by atoms with Crippen LogP contribution in [0.2, 0.25) is 0 Å². The molecule has 0 aromatic rings. The van der Waals surface area contributed by atoms with Crippen molar-refractivity contribution in [3.05, 3.63) is 23.8 Å². The Bertz CT molecular complexity index is 826. The molecule has 0 aromatic heterocycles. The highest BCUT2D eigenvalue weighted by molar-refractivity contribution is 5.62. The van der Waals surface area contributed by atoms with E-state index in [2.05, 4.69) is 59.8 Å². The van der Waals surface area contributed by atoms with E-state index in [-0.39, 0.29) is 17.1 Å². The fourth-order valence-corrected chi connectivity index (χ4v) is 8.68. The molecule has 5 unspecified atom stereocenters. The first-order chi connectivity index (χ1) is 15.1. The lowest BCUT2D eigenvalue weighted by atomic mass is 9.46. The van der Waals surface area contributed by atoms with Crippen LogP contribution in [0, 0.1) is 46.3 Å². The molecule has 3 heteroatoms. The van der Waals surface area contributed by atoms with E-state index in [1.54, 1.807) is 5.57 Å². The molecule has 1 aliphatic heterocycles. The molecule has 3 saturated carbocycles. The van der Waals surface area contributed by atoms with Gasteiger partial charge in [-0.1, -0.05) is 65.3 Å². The Balaban J connectivity index is 1.41. The molecule has 32 heavy (non-hydrogen) atoms. The van der Waals surface area contributed by atoms with Gasteiger partial charge in [0.05, 0.1) is 0 Å². The first kappa shape index (κ1) is 22.5. The van der Waals surface area contributed by atoms with Crippen LogP contribution in [-0.2, 0) is 9.47 Å². The van der Waals surface area contributed by atoms with Gasteiger partial charge in [-0.3, -0.25) is 0 Å². The van der Waals surface area contributed by atoms with Gasteiger partial charge in [0.25, 0.3) is 0 Å². The lowest BCUT2D eigenvalue weighted by Gasteiger charge is -2.63. The number of hydrogen-bond donors (Lipinski definition) is 0. The Kier molecular flexibility index (Phi) is 5.38. The van der Waals surface area contributed by atoms with Gasteiger partial charge in [-0.25, -0.2) is 4.79 Å². The van der Waals surface area contributed by atoms with Crippen molar-refractivity contribution < 1.29 is 14.3 Å². The molecule has 3 nitrogen and oxygen atoms in total. The van der Waals surface area contributed by atoms with Gasteiger partial charge >= 0.3 is 6.16 Å². The largest absolute Gasteiger partial charge is 0.509 e. The van der Waals surface area contributed by atoms with Crippen molar-refractivity contribution in [3.63, 3.8) is 0 Å². The van der Waals surface area contributed by atoms with Crippen LogP contribution in [0.25, 0.3) is 0 Å². The van der Waals surface area contributed by atoms with Crippen LogP contribution in [0.3, 0.4) is 0 Å². The van der Waals surface area contributed by atoms with Gasteiger partial charge in [0.1, 0.15) is 11.7 Å². The number of ether oxygens (including phenoxy) is 2. The Labute approximate surface area is 195 Å². The standard InChI is InChI=1S/C29H44O3/c1-18(2)19(3)7-8-20(4)23-9-10-24-22-12-16-29-17-21(31-26(30)32-29)11-15-28(29,6)25(22)13-14-27(23,24)5/h7-8,12,18-21,23-25H,9-11,13-17H2,1-6H3/b8-7+/t19-,20+,21-,23?,24?,25?,27?,28?,29+/m0/s1. The number of allylic oxidation sites excluding steroid dienone is 3. The molecule has 0 aromatic carbocycles. The molecule has 0 N–H and O–H groups in total. The van der Waals surface area contributed by atoms with Crippen LogP contribution in [0.4, 0.5) is 4.79 Å². The summed E-state index contributed by atoms with van der Waals surface area (Å²) in [5, 5.41) is 0. The van der Waals surface area contributed by atoms with Crippen LogP contribution < -0.4 is 0 Å². The quantitative estimate of drug-likeness (QED) is 0.332. The molecule has 5 rings (SSSR count). The van der Waals surface area contributed by atoms with Crippen LogP contribution in [0.15, 0.2) is 23.8 Å². The van der Waals surface area contributed by atoms with Crippen LogP contribution >= 0.6 is 0 Å². The van der Waals surface area contributed by atoms with E-state index in [4.69, 9.17) is 9.47 Å². The maximum Gasteiger partial charge on any atom is 0.509 e. The third kappa shape index (κ3) is 3.16. The lowest BCUT2D eigenvalue weighted by Crippen LogP contribution is -2.64. The highest BCUT2D eigenvalue weighted by Gasteiger charge is 2.66. The second kappa shape index (κ2) is 7.64. The summed E-state index contributed by atoms with van der Waals surface area (Å²) in [7, 11) is 0. The molecule has 5 aliphatic rings. The van der Waals surface area contributed by atoms with Crippen LogP contribution in [-0.4, -0.2) is 17.9 Å². The lowest BCUT2D eigenvalue weighted by molar-refractivity contribution is -0.217. The molecule has 178 valence electrons. The maximum absolute atomic E-state index is 12.3. The second-order valence-electron chi connectivity index (χ2n) is 12.8. The molecule has 0 amide bonds. The molecule has 1 heterocycles. The monoisotopic (exact) mass is 440 g/mol. The first-order valence-electron chi connectivity index (χ1n) is 13.4. The minimum atomic E-state index is -0.429. The zero-order valence-corrected chi connectivity index (χ0v) is 21.2. The van der Waals surface area contributed by atoms with Gasteiger partial charge in [0, 0.05) is 18.3 Å². The van der Waals surface area contributed by atoms with Crippen molar-refractivity contribution >= 4 is 6.16 Å². The molecule has 2 bridgehead atoms. The summed E-state index contributed by atoms with van der Waals surface area (Å²) in [6, 6.07) is 0. The summed E-state index contributed by atoms with van der Waals surface area (Å²) in [4.78, 5) is 12.3. The van der Waals surface area contributed by atoms with E-state index in [0.29, 0.717) is 35.0 Å². The van der Waals surface area contributed by atoms with E-state index in [1.165, 1.54) is 25.7 Å². The molecule has 0 radical (unpaired) electrons. The van der Waals surface area contributed by atoms with E-state index >= 15 is 0 Å². The minimum Gasteiger partial charge on any atom is -0.431 e. The van der Waals surface area contributed by atoms with Gasteiger partial charge in [-0.2, -0.15) is 0 Å². The van der Waals surface area contributed by atoms with Gasteiger partial charge in [-0.05, 0) is 79.4 Å². The maximum atomic E-state index is 12.3. The predicted molar refractivity (Wildman–Crippen MR) is 128 cm³/mol. The summed E-state index contributed by atoms with van der Waals surface area (Å²) < 4.78 is 11.5. The van der Waals surface area contributed by atoms with Crippen molar-refractivity contribution in [2.24, 2.45) is 46.3 Å². The van der Waals surface area contributed by atoms with Gasteiger partial charge in [0.15, 0.2) is 0 Å². The zero-order chi connectivity index (χ0) is 22.9. The number of fused-ring (bicyclic) bond motifs is 5. The molecule has 4 fully saturated rings. The summed E-state index contributed by atoms with van der Waals surface area (Å²) >= 11 is 0. The number of rotatable bonds is 4. The van der Waals surface area contributed by atoms with Crippen molar-refractivity contribution in [1.82, 2.24) is 0 Å².